The molecule has 1 heterocycles. The molecule has 0 bridgehead atoms. The molecule has 0 radical (unpaired) electrons. The lowest BCUT2D eigenvalue weighted by Gasteiger charge is -2.11. The lowest BCUT2D eigenvalue weighted by atomic mass is 10.4. The standard InChI is InChI=1S/C8H13N3O3S/c1-5(2)11-7(14-3)9-10-8(11)15-4-6(12)13/h5H,4H2,1-3H3,(H,12,13). The van der Waals surface area contributed by atoms with E-state index in [9.17, 15) is 4.79 Å². The minimum atomic E-state index is -0.878. The molecule has 15 heavy (non-hydrogen) atoms. The first-order valence-electron chi connectivity index (χ1n) is 4.39. The van der Waals surface area contributed by atoms with E-state index in [2.05, 4.69) is 10.2 Å². The van der Waals surface area contributed by atoms with Crippen molar-refractivity contribution >= 4 is 17.7 Å². The van der Waals surface area contributed by atoms with Crippen LogP contribution in [0.3, 0.4) is 0 Å². The Morgan fingerprint density at radius 3 is 2.73 bits per heavy atom. The molecule has 0 saturated heterocycles. The number of carboxylic acids is 1. The van der Waals surface area contributed by atoms with Crippen molar-refractivity contribution in [3.05, 3.63) is 0 Å². The van der Waals surface area contributed by atoms with Crippen LogP contribution >= 0.6 is 11.8 Å². The second-order valence-electron chi connectivity index (χ2n) is 3.12. The number of aromatic nitrogens is 3. The van der Waals surface area contributed by atoms with E-state index >= 15 is 0 Å². The smallest absolute Gasteiger partial charge is 0.317 e. The molecule has 0 unspecified atom stereocenters. The molecule has 0 aromatic carbocycles. The number of methoxy groups -OCH3 is 1. The van der Waals surface area contributed by atoms with Crippen molar-refractivity contribution in [1.82, 2.24) is 14.8 Å². The van der Waals surface area contributed by atoms with Crippen molar-refractivity contribution in [3.8, 4) is 6.01 Å². The third-order valence-electron chi connectivity index (χ3n) is 1.66. The predicted octanol–water partition coefficient (Wildman–Crippen LogP) is 1.04. The van der Waals surface area contributed by atoms with Crippen LogP contribution in [0.2, 0.25) is 0 Å². The van der Waals surface area contributed by atoms with Crippen molar-refractivity contribution in [1.29, 1.82) is 0 Å². The van der Waals surface area contributed by atoms with Crippen LogP contribution in [0.4, 0.5) is 0 Å². The molecule has 7 heteroatoms. The molecule has 1 rings (SSSR count). The Labute approximate surface area is 91.6 Å². The highest BCUT2D eigenvalue weighted by atomic mass is 32.2. The lowest BCUT2D eigenvalue weighted by Crippen LogP contribution is -2.07. The maximum absolute atomic E-state index is 10.4. The molecule has 1 aromatic rings. The van der Waals surface area contributed by atoms with E-state index in [0.29, 0.717) is 11.2 Å². The van der Waals surface area contributed by atoms with Crippen LogP contribution in [0.1, 0.15) is 19.9 Å². The molecule has 0 aliphatic heterocycles. The topological polar surface area (TPSA) is 77.2 Å². The van der Waals surface area contributed by atoms with Crippen LogP contribution in [0.5, 0.6) is 6.01 Å². The number of rotatable bonds is 5. The van der Waals surface area contributed by atoms with Gasteiger partial charge in [-0.2, -0.15) is 0 Å². The first kappa shape index (κ1) is 11.8. The minimum Gasteiger partial charge on any atom is -0.481 e. The van der Waals surface area contributed by atoms with Gasteiger partial charge in [-0.1, -0.05) is 16.9 Å². The molecule has 0 amide bonds. The minimum absolute atomic E-state index is 0.0332. The van der Waals surface area contributed by atoms with Gasteiger partial charge in [-0.3, -0.25) is 9.36 Å². The molecule has 1 N–H and O–H groups in total. The molecule has 1 aromatic heterocycles. The van der Waals surface area contributed by atoms with Gasteiger partial charge >= 0.3 is 12.0 Å². The number of ether oxygens (including phenoxy) is 1. The van der Waals surface area contributed by atoms with Crippen LogP contribution in [0.15, 0.2) is 5.16 Å². The summed E-state index contributed by atoms with van der Waals surface area (Å²) in [6.45, 7) is 3.91. The highest BCUT2D eigenvalue weighted by Crippen LogP contribution is 2.24. The molecular weight excluding hydrogens is 218 g/mol. The van der Waals surface area contributed by atoms with Crippen LogP contribution < -0.4 is 4.74 Å². The third kappa shape index (κ3) is 2.85. The van der Waals surface area contributed by atoms with E-state index in [4.69, 9.17) is 9.84 Å². The van der Waals surface area contributed by atoms with Crippen molar-refractivity contribution in [2.24, 2.45) is 0 Å². The zero-order chi connectivity index (χ0) is 11.4. The fourth-order valence-corrected chi connectivity index (χ4v) is 1.85. The third-order valence-corrected chi connectivity index (χ3v) is 2.58. The van der Waals surface area contributed by atoms with Crippen molar-refractivity contribution < 1.29 is 14.6 Å². The lowest BCUT2D eigenvalue weighted by molar-refractivity contribution is -0.133. The summed E-state index contributed by atoms with van der Waals surface area (Å²) in [4.78, 5) is 10.4. The largest absolute Gasteiger partial charge is 0.481 e. The van der Waals surface area contributed by atoms with E-state index in [1.807, 2.05) is 13.8 Å². The maximum Gasteiger partial charge on any atom is 0.317 e. The Bertz CT molecular complexity index is 351. The van der Waals surface area contributed by atoms with Gasteiger partial charge in [0.05, 0.1) is 12.9 Å². The van der Waals surface area contributed by atoms with Crippen molar-refractivity contribution in [2.45, 2.75) is 25.0 Å². The van der Waals surface area contributed by atoms with Crippen LogP contribution in [0.25, 0.3) is 0 Å². The second-order valence-corrected chi connectivity index (χ2v) is 4.06. The number of aliphatic carboxylic acids is 1. The van der Waals surface area contributed by atoms with E-state index in [1.165, 1.54) is 7.11 Å². The van der Waals surface area contributed by atoms with Gasteiger partial charge in [0, 0.05) is 6.04 Å². The second kappa shape index (κ2) is 5.01. The van der Waals surface area contributed by atoms with Crippen molar-refractivity contribution in [3.63, 3.8) is 0 Å². The molecule has 0 saturated carbocycles. The molecule has 0 aliphatic rings. The summed E-state index contributed by atoms with van der Waals surface area (Å²) in [5, 5.41) is 16.8. The summed E-state index contributed by atoms with van der Waals surface area (Å²) in [5.74, 6) is -0.911. The quantitative estimate of drug-likeness (QED) is 0.763. The van der Waals surface area contributed by atoms with Gasteiger partial charge in [0.25, 0.3) is 0 Å². The molecule has 0 spiro atoms. The monoisotopic (exact) mass is 231 g/mol. The van der Waals surface area contributed by atoms with E-state index < -0.39 is 5.97 Å². The zero-order valence-electron chi connectivity index (χ0n) is 8.80. The van der Waals surface area contributed by atoms with Crippen LogP contribution in [-0.4, -0.2) is 38.7 Å². The molecule has 0 aliphatic carbocycles. The Hall–Kier alpha value is -1.24. The SMILES string of the molecule is COc1nnc(SCC(=O)O)n1C(C)C. The Kier molecular flexibility index (Phi) is 3.96. The van der Waals surface area contributed by atoms with Gasteiger partial charge in [-0.15, -0.1) is 5.10 Å². The Balaban J connectivity index is 2.87. The van der Waals surface area contributed by atoms with E-state index in [0.717, 1.165) is 11.8 Å². The maximum atomic E-state index is 10.4. The number of carbonyl (C=O) groups is 1. The average molecular weight is 231 g/mol. The van der Waals surface area contributed by atoms with E-state index in [-0.39, 0.29) is 11.8 Å². The van der Waals surface area contributed by atoms with Gasteiger partial charge in [0.2, 0.25) is 0 Å². The van der Waals surface area contributed by atoms with Gasteiger partial charge < -0.3 is 9.84 Å². The van der Waals surface area contributed by atoms with Gasteiger partial charge in [0.15, 0.2) is 5.16 Å². The summed E-state index contributed by atoms with van der Waals surface area (Å²) in [6, 6.07) is 0.532. The number of hydrogen-bond donors (Lipinski definition) is 1. The predicted molar refractivity (Wildman–Crippen MR) is 55.3 cm³/mol. The highest BCUT2D eigenvalue weighted by Gasteiger charge is 2.16. The van der Waals surface area contributed by atoms with Crippen LogP contribution in [0, 0.1) is 0 Å². The van der Waals surface area contributed by atoms with Gasteiger partial charge in [-0.05, 0) is 13.8 Å². The van der Waals surface area contributed by atoms with Gasteiger partial charge in [0.1, 0.15) is 0 Å². The highest BCUT2D eigenvalue weighted by molar-refractivity contribution is 7.99. The summed E-state index contributed by atoms with van der Waals surface area (Å²) < 4.78 is 6.78. The molecule has 6 nitrogen and oxygen atoms in total. The van der Waals surface area contributed by atoms with E-state index in [1.54, 1.807) is 4.57 Å². The molecule has 0 atom stereocenters. The number of hydrogen-bond acceptors (Lipinski definition) is 5. The van der Waals surface area contributed by atoms with Crippen LogP contribution in [-0.2, 0) is 4.79 Å². The fourth-order valence-electron chi connectivity index (χ4n) is 1.07. The fraction of sp³-hybridized carbons (Fsp3) is 0.625. The summed E-state index contributed by atoms with van der Waals surface area (Å²) in [7, 11) is 1.51. The van der Waals surface area contributed by atoms with Gasteiger partial charge in [-0.25, -0.2) is 0 Å². The first-order chi connectivity index (χ1) is 7.06. The molecule has 0 fully saturated rings. The first-order valence-corrected chi connectivity index (χ1v) is 5.38. The molecule has 84 valence electrons. The Morgan fingerprint density at radius 2 is 2.27 bits per heavy atom. The summed E-state index contributed by atoms with van der Waals surface area (Å²) in [5.41, 5.74) is 0. The Morgan fingerprint density at radius 1 is 1.60 bits per heavy atom. The number of nitrogens with zero attached hydrogens (tertiary/aromatic N) is 3. The van der Waals surface area contributed by atoms with Crippen molar-refractivity contribution in [2.75, 3.05) is 12.9 Å². The normalized spacial score (nSPS) is 10.7. The average Bonchev–Trinajstić information content (AvgIpc) is 2.57. The summed E-state index contributed by atoms with van der Waals surface area (Å²) >= 11 is 1.13. The zero-order valence-corrected chi connectivity index (χ0v) is 9.61. The summed E-state index contributed by atoms with van der Waals surface area (Å²) in [6.07, 6.45) is 0. The number of carboxylic acid groups (broad SMARTS) is 1. The number of thioether (sulfide) groups is 1. The molecular formula is C8H13N3O3S.